The molecule has 0 fully saturated rings. The van der Waals surface area contributed by atoms with Crippen molar-refractivity contribution in [2.45, 2.75) is 19.3 Å². The summed E-state index contributed by atoms with van der Waals surface area (Å²) in [6.45, 7) is 1.51. The van der Waals surface area contributed by atoms with E-state index in [9.17, 15) is 15.8 Å². The molecule has 0 saturated heterocycles. The Kier molecular flexibility index (Phi) is 4.18. The van der Waals surface area contributed by atoms with Crippen LogP contribution in [0.3, 0.4) is 0 Å². The van der Waals surface area contributed by atoms with Crippen LogP contribution in [0.2, 0.25) is 0 Å². The van der Waals surface area contributed by atoms with Gasteiger partial charge < -0.3 is 10.6 Å². The molecule has 0 radical (unpaired) electrons. The molecular formula is C19H21N5. The molecule has 0 saturated carbocycles. The van der Waals surface area contributed by atoms with E-state index >= 15 is 0 Å². The second kappa shape index (κ2) is 6.16. The van der Waals surface area contributed by atoms with Gasteiger partial charge in [-0.05, 0) is 37.8 Å². The van der Waals surface area contributed by atoms with Gasteiger partial charge in [-0.1, -0.05) is 18.2 Å². The maximum atomic E-state index is 9.94. The number of rotatable bonds is 1. The lowest BCUT2D eigenvalue weighted by molar-refractivity contribution is 0.120. The largest absolute Gasteiger partial charge is 0.399 e. The molecule has 2 N–H and O–H groups in total. The zero-order valence-electron chi connectivity index (χ0n) is 13.9. The van der Waals surface area contributed by atoms with Gasteiger partial charge in [0.1, 0.15) is 6.07 Å². The van der Waals surface area contributed by atoms with E-state index in [-0.39, 0.29) is 23.5 Å². The number of allylic oxidation sites excluding steroid dienone is 4. The SMILES string of the molecule is CN1CC=C2C(C#N)=C(N)C(C#N)(C#N)[C@H]([C@H]3CC=CCC3)[C@@H]2C1. The summed E-state index contributed by atoms with van der Waals surface area (Å²) in [7, 11) is 2.03. The molecule has 0 aromatic rings. The van der Waals surface area contributed by atoms with E-state index < -0.39 is 5.41 Å². The van der Waals surface area contributed by atoms with Crippen molar-refractivity contribution < 1.29 is 0 Å². The van der Waals surface area contributed by atoms with Crippen molar-refractivity contribution in [1.29, 1.82) is 15.8 Å². The van der Waals surface area contributed by atoms with E-state index in [0.717, 1.165) is 37.9 Å². The van der Waals surface area contributed by atoms with E-state index in [1.54, 1.807) is 0 Å². The highest BCUT2D eigenvalue weighted by molar-refractivity contribution is 5.56. The smallest absolute Gasteiger partial charge is 0.187 e. The first-order valence-electron chi connectivity index (χ1n) is 8.35. The van der Waals surface area contributed by atoms with Crippen molar-refractivity contribution in [3.8, 4) is 18.2 Å². The maximum Gasteiger partial charge on any atom is 0.187 e. The molecule has 3 rings (SSSR count). The quantitative estimate of drug-likeness (QED) is 0.747. The third-order valence-corrected chi connectivity index (χ3v) is 5.73. The molecule has 0 aromatic heterocycles. The maximum absolute atomic E-state index is 9.94. The van der Waals surface area contributed by atoms with Crippen LogP contribution < -0.4 is 5.73 Å². The van der Waals surface area contributed by atoms with Gasteiger partial charge in [0.2, 0.25) is 0 Å². The minimum absolute atomic E-state index is 0.00139. The van der Waals surface area contributed by atoms with Crippen LogP contribution in [0, 0.1) is 57.2 Å². The predicted octanol–water partition coefficient (Wildman–Crippen LogP) is 2.23. The van der Waals surface area contributed by atoms with Crippen LogP contribution in [0.5, 0.6) is 0 Å². The van der Waals surface area contributed by atoms with Gasteiger partial charge in [-0.15, -0.1) is 0 Å². The summed E-state index contributed by atoms with van der Waals surface area (Å²) in [5.41, 5.74) is 6.29. The fraction of sp³-hybridized carbons (Fsp3) is 0.526. The second-order valence-corrected chi connectivity index (χ2v) is 6.99. The molecular weight excluding hydrogens is 298 g/mol. The Bertz CT molecular complexity index is 738. The van der Waals surface area contributed by atoms with Crippen LogP contribution in [0.1, 0.15) is 19.3 Å². The highest BCUT2D eigenvalue weighted by atomic mass is 15.1. The number of fused-ring (bicyclic) bond motifs is 1. The van der Waals surface area contributed by atoms with Crippen LogP contribution in [0.4, 0.5) is 0 Å². The summed E-state index contributed by atoms with van der Waals surface area (Å²) in [5.74, 6) is 0.0537. The summed E-state index contributed by atoms with van der Waals surface area (Å²) in [6.07, 6.45) is 9.12. The second-order valence-electron chi connectivity index (χ2n) is 6.99. The summed E-state index contributed by atoms with van der Waals surface area (Å²) < 4.78 is 0. The van der Waals surface area contributed by atoms with Crippen LogP contribution in [-0.2, 0) is 0 Å². The van der Waals surface area contributed by atoms with Gasteiger partial charge >= 0.3 is 0 Å². The number of hydrogen-bond acceptors (Lipinski definition) is 5. The third-order valence-electron chi connectivity index (χ3n) is 5.73. The fourth-order valence-corrected chi connectivity index (χ4v) is 4.59. The molecule has 24 heavy (non-hydrogen) atoms. The molecule has 0 aromatic carbocycles. The lowest BCUT2D eigenvalue weighted by Gasteiger charge is -2.48. The molecule has 122 valence electrons. The van der Waals surface area contributed by atoms with E-state index in [1.165, 1.54) is 0 Å². The molecule has 0 unspecified atom stereocenters. The van der Waals surface area contributed by atoms with Gasteiger partial charge in [-0.3, -0.25) is 0 Å². The van der Waals surface area contributed by atoms with Gasteiger partial charge in [0, 0.05) is 24.9 Å². The molecule has 3 aliphatic rings. The number of nitrogens with zero attached hydrogens (tertiary/aromatic N) is 4. The standard InChI is InChI=1S/C19H21N5/c1-24-8-7-14-15(9-20)18(23)19(11-21,12-22)17(16(14)10-24)13-5-3-2-4-6-13/h2-3,7,13,16-17H,4-6,8,10,23H2,1H3/t13-,16+,17+/m0/s1. The Hall–Kier alpha value is -2.55. The molecule has 3 atom stereocenters. The fourth-order valence-electron chi connectivity index (χ4n) is 4.59. The van der Waals surface area contributed by atoms with Crippen molar-refractivity contribution >= 4 is 0 Å². The van der Waals surface area contributed by atoms with Crippen molar-refractivity contribution in [1.82, 2.24) is 4.90 Å². The van der Waals surface area contributed by atoms with Crippen molar-refractivity contribution in [2.75, 3.05) is 20.1 Å². The molecule has 5 heteroatoms. The highest BCUT2D eigenvalue weighted by Gasteiger charge is 2.55. The molecule has 0 spiro atoms. The first-order chi connectivity index (χ1) is 11.6. The Morgan fingerprint density at radius 3 is 2.58 bits per heavy atom. The Morgan fingerprint density at radius 1 is 1.25 bits per heavy atom. The van der Waals surface area contributed by atoms with E-state index in [1.807, 2.05) is 13.1 Å². The van der Waals surface area contributed by atoms with E-state index in [2.05, 4.69) is 35.3 Å². The average Bonchev–Trinajstić information content (AvgIpc) is 2.62. The first-order valence-corrected chi connectivity index (χ1v) is 8.35. The normalized spacial score (nSPS) is 32.1. The molecule has 2 aliphatic carbocycles. The van der Waals surface area contributed by atoms with E-state index in [0.29, 0.717) is 5.57 Å². The van der Waals surface area contributed by atoms with Gasteiger partial charge in [-0.25, -0.2) is 0 Å². The van der Waals surface area contributed by atoms with Gasteiger partial charge in [0.15, 0.2) is 5.41 Å². The van der Waals surface area contributed by atoms with Gasteiger partial charge in [-0.2, -0.15) is 15.8 Å². The zero-order valence-corrected chi connectivity index (χ0v) is 13.9. The van der Waals surface area contributed by atoms with Crippen LogP contribution in [-0.4, -0.2) is 25.0 Å². The average molecular weight is 319 g/mol. The van der Waals surface area contributed by atoms with Crippen LogP contribution in [0.25, 0.3) is 0 Å². The molecule has 5 nitrogen and oxygen atoms in total. The van der Waals surface area contributed by atoms with Crippen LogP contribution in [0.15, 0.2) is 35.1 Å². The van der Waals surface area contributed by atoms with Crippen molar-refractivity contribution in [3.05, 3.63) is 35.1 Å². The Labute approximate surface area is 142 Å². The van der Waals surface area contributed by atoms with Crippen LogP contribution >= 0.6 is 0 Å². The summed E-state index contributed by atoms with van der Waals surface area (Å²) in [6, 6.07) is 6.59. The zero-order chi connectivity index (χ0) is 17.3. The third kappa shape index (κ3) is 2.23. The lowest BCUT2D eigenvalue weighted by Crippen LogP contribution is -2.51. The molecule has 0 bridgehead atoms. The molecule has 1 aliphatic heterocycles. The monoisotopic (exact) mass is 319 g/mol. The minimum Gasteiger partial charge on any atom is -0.399 e. The predicted molar refractivity (Wildman–Crippen MR) is 89.5 cm³/mol. The number of likely N-dealkylation sites (N-methyl/N-ethyl adjacent to an activating group) is 1. The Morgan fingerprint density at radius 2 is 2.00 bits per heavy atom. The number of nitrogens with two attached hydrogens (primary N) is 1. The number of nitriles is 3. The summed E-state index contributed by atoms with van der Waals surface area (Å²) >= 11 is 0. The molecule has 1 heterocycles. The number of hydrogen-bond donors (Lipinski definition) is 1. The minimum atomic E-state index is -1.42. The van der Waals surface area contributed by atoms with E-state index in [4.69, 9.17) is 5.73 Å². The topological polar surface area (TPSA) is 101 Å². The summed E-state index contributed by atoms with van der Waals surface area (Å²) in [4.78, 5) is 2.18. The highest BCUT2D eigenvalue weighted by Crippen LogP contribution is 2.54. The van der Waals surface area contributed by atoms with Gasteiger partial charge in [0.25, 0.3) is 0 Å². The Balaban J connectivity index is 2.22. The van der Waals surface area contributed by atoms with Gasteiger partial charge in [0.05, 0.1) is 23.4 Å². The molecule has 0 amide bonds. The summed E-state index contributed by atoms with van der Waals surface area (Å²) in [5, 5.41) is 29.5. The van der Waals surface area contributed by atoms with Crippen molar-refractivity contribution in [2.24, 2.45) is 28.9 Å². The first kappa shape index (κ1) is 16.3. The van der Waals surface area contributed by atoms with Crippen molar-refractivity contribution in [3.63, 3.8) is 0 Å². The lowest BCUT2D eigenvalue weighted by atomic mass is 9.55.